The first-order valence-electron chi connectivity index (χ1n) is 10.6. The predicted molar refractivity (Wildman–Crippen MR) is 118 cm³/mol. The first-order valence-corrected chi connectivity index (χ1v) is 10.6. The zero-order valence-electron chi connectivity index (χ0n) is 17.3. The highest BCUT2D eigenvalue weighted by molar-refractivity contribution is 6.07. The second kappa shape index (κ2) is 9.08. The van der Waals surface area contributed by atoms with Gasteiger partial charge in [0.25, 0.3) is 5.91 Å². The molecule has 1 aliphatic carbocycles. The summed E-state index contributed by atoms with van der Waals surface area (Å²) in [6, 6.07) is 17.5. The average molecular weight is 402 g/mol. The van der Waals surface area contributed by atoms with E-state index in [4.69, 9.17) is 4.98 Å². The topological polar surface area (TPSA) is 71.1 Å². The Hall–Kier alpha value is -3.21. The fraction of sp³-hybridized carbons (Fsp3) is 0.320. The van der Waals surface area contributed by atoms with Crippen LogP contribution in [0.15, 0.2) is 54.6 Å². The summed E-state index contributed by atoms with van der Waals surface area (Å²) in [6.07, 6.45) is 3.24. The van der Waals surface area contributed by atoms with Crippen LogP contribution in [0.2, 0.25) is 0 Å². The second-order valence-corrected chi connectivity index (χ2v) is 8.05. The van der Waals surface area contributed by atoms with Crippen LogP contribution < -0.4 is 10.6 Å². The van der Waals surface area contributed by atoms with Gasteiger partial charge in [-0.15, -0.1) is 0 Å². The first kappa shape index (κ1) is 20.1. The smallest absolute Gasteiger partial charge is 0.252 e. The second-order valence-electron chi connectivity index (χ2n) is 8.05. The summed E-state index contributed by atoms with van der Waals surface area (Å²) >= 11 is 0. The van der Waals surface area contributed by atoms with E-state index in [-0.39, 0.29) is 11.8 Å². The number of aryl methyl sites for hydroxylation is 1. The highest BCUT2D eigenvalue weighted by Crippen LogP contribution is 2.31. The van der Waals surface area contributed by atoms with Crippen molar-refractivity contribution >= 4 is 22.7 Å². The van der Waals surface area contributed by atoms with E-state index in [1.807, 2.05) is 54.6 Å². The highest BCUT2D eigenvalue weighted by Gasteiger charge is 2.25. The zero-order chi connectivity index (χ0) is 20.9. The molecule has 0 aliphatic heterocycles. The largest absolute Gasteiger partial charge is 0.354 e. The maximum atomic E-state index is 13.1. The molecule has 0 radical (unpaired) electrons. The number of amides is 2. The van der Waals surface area contributed by atoms with Crippen molar-refractivity contribution in [2.75, 3.05) is 13.1 Å². The SMILES string of the molecule is CC1CCc2nc3ccccc3c(C(=O)NCCNC(=O)Cc3ccccc3)c2C1. The number of pyridine rings is 1. The molecule has 0 saturated heterocycles. The lowest BCUT2D eigenvalue weighted by Crippen LogP contribution is -2.36. The molecule has 2 N–H and O–H groups in total. The standard InChI is InChI=1S/C25H27N3O2/c1-17-11-12-22-20(15-17)24(19-9-5-6-10-21(19)28-22)25(30)27-14-13-26-23(29)16-18-7-3-2-4-8-18/h2-10,17H,11-16H2,1H3,(H,26,29)(H,27,30). The molecule has 0 fully saturated rings. The molecule has 5 heteroatoms. The molecular formula is C25H27N3O2. The zero-order valence-corrected chi connectivity index (χ0v) is 17.3. The molecular weight excluding hydrogens is 374 g/mol. The van der Waals surface area contributed by atoms with E-state index in [0.29, 0.717) is 25.4 Å². The van der Waals surface area contributed by atoms with Gasteiger partial charge in [-0.25, -0.2) is 0 Å². The summed E-state index contributed by atoms with van der Waals surface area (Å²) in [6.45, 7) is 3.02. The summed E-state index contributed by atoms with van der Waals surface area (Å²) in [5, 5.41) is 6.77. The molecule has 1 atom stereocenters. The van der Waals surface area contributed by atoms with Crippen molar-refractivity contribution in [3.63, 3.8) is 0 Å². The van der Waals surface area contributed by atoms with Gasteiger partial charge in [0, 0.05) is 24.2 Å². The fourth-order valence-electron chi connectivity index (χ4n) is 4.13. The number of nitrogens with one attached hydrogen (secondary N) is 2. The van der Waals surface area contributed by atoms with Crippen molar-refractivity contribution in [1.29, 1.82) is 0 Å². The summed E-state index contributed by atoms with van der Waals surface area (Å²) in [4.78, 5) is 30.0. The van der Waals surface area contributed by atoms with Gasteiger partial charge >= 0.3 is 0 Å². The minimum atomic E-state index is -0.0868. The van der Waals surface area contributed by atoms with Crippen LogP contribution in [-0.4, -0.2) is 29.9 Å². The number of rotatable bonds is 6. The van der Waals surface area contributed by atoms with Crippen LogP contribution in [0, 0.1) is 5.92 Å². The lowest BCUT2D eigenvalue weighted by molar-refractivity contribution is -0.120. The van der Waals surface area contributed by atoms with Crippen LogP contribution in [0.25, 0.3) is 10.9 Å². The molecule has 1 aliphatic rings. The number of hydrogen-bond acceptors (Lipinski definition) is 3. The molecule has 0 bridgehead atoms. The molecule has 3 aromatic rings. The number of nitrogens with zero attached hydrogens (tertiary/aromatic N) is 1. The van der Waals surface area contributed by atoms with E-state index in [0.717, 1.165) is 52.5 Å². The van der Waals surface area contributed by atoms with Crippen LogP contribution in [0.5, 0.6) is 0 Å². The monoisotopic (exact) mass is 401 g/mol. The van der Waals surface area contributed by atoms with E-state index < -0.39 is 0 Å². The van der Waals surface area contributed by atoms with Crippen LogP contribution in [-0.2, 0) is 24.1 Å². The summed E-state index contributed by atoms with van der Waals surface area (Å²) in [5.41, 5.74) is 4.72. The quantitative estimate of drug-likeness (QED) is 0.622. The minimum absolute atomic E-state index is 0.0454. The Morgan fingerprint density at radius 3 is 2.57 bits per heavy atom. The summed E-state index contributed by atoms with van der Waals surface area (Å²) in [5.74, 6) is 0.413. The van der Waals surface area contributed by atoms with Gasteiger partial charge < -0.3 is 10.6 Å². The van der Waals surface area contributed by atoms with Crippen molar-refractivity contribution in [1.82, 2.24) is 15.6 Å². The van der Waals surface area contributed by atoms with Crippen molar-refractivity contribution in [3.8, 4) is 0 Å². The van der Waals surface area contributed by atoms with Crippen LogP contribution in [0.1, 0.15) is 40.5 Å². The van der Waals surface area contributed by atoms with Crippen LogP contribution >= 0.6 is 0 Å². The van der Waals surface area contributed by atoms with Gasteiger partial charge in [0.15, 0.2) is 0 Å². The molecule has 2 aromatic carbocycles. The third-order valence-electron chi connectivity index (χ3n) is 5.67. The number of aromatic nitrogens is 1. The van der Waals surface area contributed by atoms with Gasteiger partial charge in [-0.05, 0) is 42.4 Å². The summed E-state index contributed by atoms with van der Waals surface area (Å²) in [7, 11) is 0. The Bertz CT molecular complexity index is 1060. The van der Waals surface area contributed by atoms with Crippen LogP contribution in [0.3, 0.4) is 0 Å². The Kier molecular flexibility index (Phi) is 6.07. The van der Waals surface area contributed by atoms with Gasteiger partial charge in [0.2, 0.25) is 5.91 Å². The van der Waals surface area contributed by atoms with Gasteiger partial charge in [-0.1, -0.05) is 55.5 Å². The van der Waals surface area contributed by atoms with E-state index in [9.17, 15) is 9.59 Å². The number of benzene rings is 2. The highest BCUT2D eigenvalue weighted by atomic mass is 16.2. The molecule has 1 aromatic heterocycles. The number of para-hydroxylation sites is 1. The number of carbonyl (C=O) groups is 2. The van der Waals surface area contributed by atoms with E-state index in [1.54, 1.807) is 0 Å². The Morgan fingerprint density at radius 2 is 1.73 bits per heavy atom. The van der Waals surface area contributed by atoms with E-state index >= 15 is 0 Å². The van der Waals surface area contributed by atoms with Crippen LogP contribution in [0.4, 0.5) is 0 Å². The molecule has 0 saturated carbocycles. The third-order valence-corrected chi connectivity index (χ3v) is 5.67. The Balaban J connectivity index is 1.42. The maximum Gasteiger partial charge on any atom is 0.252 e. The Morgan fingerprint density at radius 1 is 1.00 bits per heavy atom. The molecule has 0 spiro atoms. The van der Waals surface area contributed by atoms with Crippen molar-refractivity contribution in [3.05, 3.63) is 77.0 Å². The molecule has 30 heavy (non-hydrogen) atoms. The Labute approximate surface area is 176 Å². The molecule has 4 rings (SSSR count). The van der Waals surface area contributed by atoms with Gasteiger partial charge in [-0.3, -0.25) is 14.6 Å². The average Bonchev–Trinajstić information content (AvgIpc) is 2.75. The van der Waals surface area contributed by atoms with E-state index in [1.165, 1.54) is 0 Å². The third kappa shape index (κ3) is 4.51. The van der Waals surface area contributed by atoms with Crippen molar-refractivity contribution < 1.29 is 9.59 Å². The van der Waals surface area contributed by atoms with Gasteiger partial charge in [-0.2, -0.15) is 0 Å². The molecule has 154 valence electrons. The van der Waals surface area contributed by atoms with E-state index in [2.05, 4.69) is 17.6 Å². The minimum Gasteiger partial charge on any atom is -0.354 e. The molecule has 1 unspecified atom stereocenters. The fourth-order valence-corrected chi connectivity index (χ4v) is 4.13. The number of carbonyl (C=O) groups excluding carboxylic acids is 2. The van der Waals surface area contributed by atoms with Crippen molar-refractivity contribution in [2.45, 2.75) is 32.6 Å². The van der Waals surface area contributed by atoms with Gasteiger partial charge in [0.05, 0.1) is 17.5 Å². The van der Waals surface area contributed by atoms with Crippen molar-refractivity contribution in [2.24, 2.45) is 5.92 Å². The number of fused-ring (bicyclic) bond motifs is 2. The summed E-state index contributed by atoms with van der Waals surface area (Å²) < 4.78 is 0. The lowest BCUT2D eigenvalue weighted by Gasteiger charge is -2.24. The molecule has 5 nitrogen and oxygen atoms in total. The maximum absolute atomic E-state index is 13.1. The normalized spacial score (nSPS) is 15.4. The van der Waals surface area contributed by atoms with Gasteiger partial charge in [0.1, 0.15) is 0 Å². The molecule has 1 heterocycles. The number of hydrogen-bond donors (Lipinski definition) is 2. The molecule has 2 amide bonds. The first-order chi connectivity index (χ1) is 14.6. The lowest BCUT2D eigenvalue weighted by atomic mass is 9.84. The predicted octanol–water partition coefficient (Wildman–Crippen LogP) is 3.45.